The lowest BCUT2D eigenvalue weighted by Crippen LogP contribution is -2.51. The summed E-state index contributed by atoms with van der Waals surface area (Å²) in [5.41, 5.74) is 3.44. The van der Waals surface area contributed by atoms with Crippen molar-refractivity contribution >= 4 is 41.6 Å². The quantitative estimate of drug-likeness (QED) is 0.0983. The minimum absolute atomic E-state index is 0.0611. The predicted molar refractivity (Wildman–Crippen MR) is 258 cm³/mol. The van der Waals surface area contributed by atoms with Gasteiger partial charge in [-0.05, 0) is 122 Å². The van der Waals surface area contributed by atoms with Gasteiger partial charge in [0.25, 0.3) is 9.05 Å². The molecule has 67 heavy (non-hydrogen) atoms. The van der Waals surface area contributed by atoms with Crippen LogP contribution in [0.1, 0.15) is 47.9 Å². The third kappa shape index (κ3) is 14.6. The molecule has 10 nitrogen and oxygen atoms in total. The molecule has 0 aliphatic carbocycles. The van der Waals surface area contributed by atoms with Crippen LogP contribution in [-0.4, -0.2) is 59.1 Å². The number of carbonyl (C=O) groups excluding carboxylic acids is 2. The van der Waals surface area contributed by atoms with Crippen LogP contribution in [0.3, 0.4) is 0 Å². The zero-order chi connectivity index (χ0) is 47.8. The first-order valence-corrected chi connectivity index (χ1v) is 25.8. The zero-order valence-corrected chi connectivity index (χ0v) is 39.4. The number of nitrogens with one attached hydrogen (secondary N) is 3. The summed E-state index contributed by atoms with van der Waals surface area (Å²) >= 11 is 0. The molecule has 2 aliphatic heterocycles. The Kier molecular flexibility index (Phi) is 18.0. The van der Waals surface area contributed by atoms with Crippen LogP contribution in [0.5, 0.6) is 0 Å². The number of nitrogens with zero attached hydrogens (tertiary/aromatic N) is 1. The average molecular weight is 970 g/mol. The highest BCUT2D eigenvalue weighted by atomic mass is 35.7. The highest BCUT2D eigenvalue weighted by Crippen LogP contribution is 2.38. The summed E-state index contributed by atoms with van der Waals surface area (Å²) < 4.78 is 74.2. The summed E-state index contributed by atoms with van der Waals surface area (Å²) in [4.78, 5) is 26.4. The number of sulfonamides is 1. The van der Waals surface area contributed by atoms with Crippen molar-refractivity contribution in [2.75, 3.05) is 26.2 Å². The van der Waals surface area contributed by atoms with Crippen molar-refractivity contribution in [2.24, 2.45) is 10.8 Å². The van der Waals surface area contributed by atoms with E-state index in [4.69, 9.17) is 10.7 Å². The number of amides is 2. The zero-order valence-electron chi connectivity index (χ0n) is 37.0. The van der Waals surface area contributed by atoms with Crippen LogP contribution in [0.15, 0.2) is 180 Å². The minimum atomic E-state index is -3.75. The third-order valence-corrected chi connectivity index (χ3v) is 15.4. The van der Waals surface area contributed by atoms with Gasteiger partial charge in [-0.25, -0.2) is 25.6 Å². The van der Waals surface area contributed by atoms with E-state index < -0.39 is 36.1 Å². The van der Waals surface area contributed by atoms with Crippen molar-refractivity contribution in [1.29, 1.82) is 0 Å². The molecule has 6 aromatic carbocycles. The monoisotopic (exact) mass is 968 g/mol. The first-order valence-electron chi connectivity index (χ1n) is 22.1. The van der Waals surface area contributed by atoms with Crippen molar-refractivity contribution in [1.82, 2.24) is 20.3 Å². The standard InChI is InChI=1S/C26H27FN2O3S.C20H24N2O.C6H4ClFO2S/c27-23-11-13-24(14-12-23)33(31,32)29-17-15-26(16-18-29,19-21-7-3-1-4-8-21)25(30)28-20-22-9-5-2-6-10-22;23-19(22-16-18-9-5-2-6-10-18)20(11-13-21-14-12-20)15-17-7-3-1-4-8-17;7-11(9,10)6-3-1-5(8)2-4-6/h1-14H,15-20H2,(H,28,30);1-10,21H,11-16H2,(H,22,23);1-4H. The maximum absolute atomic E-state index is 13.4. The van der Waals surface area contributed by atoms with E-state index in [1.807, 2.05) is 109 Å². The molecule has 352 valence electrons. The van der Waals surface area contributed by atoms with Crippen LogP contribution in [0, 0.1) is 22.5 Å². The molecule has 0 spiro atoms. The molecular formula is C52H55ClF2N4O6S2. The normalized spacial score (nSPS) is 15.6. The van der Waals surface area contributed by atoms with Gasteiger partial charge in [-0.3, -0.25) is 9.59 Å². The average Bonchev–Trinajstić information content (AvgIpc) is 3.34. The smallest absolute Gasteiger partial charge is 0.261 e. The van der Waals surface area contributed by atoms with Crippen molar-refractivity contribution < 1.29 is 35.2 Å². The van der Waals surface area contributed by atoms with E-state index in [-0.39, 0.29) is 40.1 Å². The molecular weight excluding hydrogens is 914 g/mol. The number of hydrogen-bond acceptors (Lipinski definition) is 7. The Morgan fingerprint density at radius 3 is 1.22 bits per heavy atom. The summed E-state index contributed by atoms with van der Waals surface area (Å²) in [6.45, 7) is 3.30. The van der Waals surface area contributed by atoms with E-state index in [9.17, 15) is 35.2 Å². The molecule has 0 atom stereocenters. The Balaban J connectivity index is 0.000000188. The Morgan fingerprint density at radius 2 is 0.851 bits per heavy atom. The second-order valence-electron chi connectivity index (χ2n) is 16.7. The molecule has 2 heterocycles. The van der Waals surface area contributed by atoms with Gasteiger partial charge in [0, 0.05) is 36.9 Å². The molecule has 0 radical (unpaired) electrons. The Labute approximate surface area is 397 Å². The second kappa shape index (κ2) is 23.8. The highest BCUT2D eigenvalue weighted by Gasteiger charge is 2.44. The predicted octanol–water partition coefficient (Wildman–Crippen LogP) is 8.82. The van der Waals surface area contributed by atoms with Crippen LogP contribution in [-0.2, 0) is 54.6 Å². The summed E-state index contributed by atoms with van der Waals surface area (Å²) in [6.07, 6.45) is 3.95. The molecule has 2 fully saturated rings. The SMILES string of the molecule is O=C(NCc1ccccc1)C1(Cc2ccccc2)CCN(S(=O)(=O)c2ccc(F)cc2)CC1.O=C(NCc1ccccc1)C1(Cc2ccccc2)CCNCC1.O=S(=O)(Cl)c1ccc(F)cc1. The van der Waals surface area contributed by atoms with E-state index >= 15 is 0 Å². The van der Waals surface area contributed by atoms with E-state index in [0.717, 1.165) is 85.4 Å². The fourth-order valence-corrected chi connectivity index (χ4v) is 10.5. The fourth-order valence-electron chi connectivity index (χ4n) is 8.29. The molecule has 0 aromatic heterocycles. The first kappa shape index (κ1) is 50.6. The van der Waals surface area contributed by atoms with Gasteiger partial charge in [-0.1, -0.05) is 121 Å². The van der Waals surface area contributed by atoms with Crippen LogP contribution < -0.4 is 16.0 Å². The molecule has 0 unspecified atom stereocenters. The summed E-state index contributed by atoms with van der Waals surface area (Å²) in [7, 11) is -2.50. The molecule has 2 saturated heterocycles. The van der Waals surface area contributed by atoms with Crippen LogP contribution >= 0.6 is 10.7 Å². The Bertz CT molecular complexity index is 2710. The van der Waals surface area contributed by atoms with Gasteiger partial charge in [0.1, 0.15) is 11.6 Å². The summed E-state index contributed by atoms with van der Waals surface area (Å²) in [5.74, 6) is -0.848. The Morgan fingerprint density at radius 1 is 0.507 bits per heavy atom. The maximum Gasteiger partial charge on any atom is 0.261 e. The summed E-state index contributed by atoms with van der Waals surface area (Å²) in [6, 6.07) is 49.1. The number of hydrogen-bond donors (Lipinski definition) is 3. The highest BCUT2D eigenvalue weighted by molar-refractivity contribution is 8.13. The minimum Gasteiger partial charge on any atom is -0.352 e. The summed E-state index contributed by atoms with van der Waals surface area (Å²) in [5, 5.41) is 9.61. The number of carbonyl (C=O) groups is 2. The van der Waals surface area contributed by atoms with Gasteiger partial charge < -0.3 is 16.0 Å². The molecule has 2 amide bonds. The number of rotatable bonds is 13. The van der Waals surface area contributed by atoms with Crippen LogP contribution in [0.2, 0.25) is 0 Å². The van der Waals surface area contributed by atoms with Gasteiger partial charge in [-0.15, -0.1) is 0 Å². The molecule has 6 aromatic rings. The number of piperidine rings is 2. The lowest BCUT2D eigenvalue weighted by atomic mass is 9.73. The second-order valence-corrected chi connectivity index (χ2v) is 21.2. The topological polar surface area (TPSA) is 142 Å². The third-order valence-electron chi connectivity index (χ3n) is 12.1. The van der Waals surface area contributed by atoms with Crippen LogP contribution in [0.25, 0.3) is 0 Å². The van der Waals surface area contributed by atoms with Gasteiger partial charge in [0.2, 0.25) is 21.8 Å². The van der Waals surface area contributed by atoms with Gasteiger partial charge in [0.05, 0.1) is 20.6 Å². The number of halogens is 3. The lowest BCUT2D eigenvalue weighted by molar-refractivity contribution is -0.133. The lowest BCUT2D eigenvalue weighted by Gasteiger charge is -2.40. The Hall–Kier alpha value is -5.77. The molecule has 15 heteroatoms. The van der Waals surface area contributed by atoms with E-state index in [1.54, 1.807) is 0 Å². The van der Waals surface area contributed by atoms with Crippen molar-refractivity contribution in [2.45, 2.75) is 61.4 Å². The van der Waals surface area contributed by atoms with Crippen molar-refractivity contribution in [3.63, 3.8) is 0 Å². The molecule has 8 rings (SSSR count). The van der Waals surface area contributed by atoms with Crippen molar-refractivity contribution in [3.8, 4) is 0 Å². The van der Waals surface area contributed by atoms with E-state index in [0.29, 0.717) is 32.4 Å². The van der Waals surface area contributed by atoms with E-state index in [1.165, 1.54) is 22.0 Å². The molecule has 3 N–H and O–H groups in total. The first-order chi connectivity index (χ1) is 32.2. The van der Waals surface area contributed by atoms with Crippen LogP contribution in [0.4, 0.5) is 8.78 Å². The van der Waals surface area contributed by atoms with E-state index in [2.05, 4.69) is 28.1 Å². The van der Waals surface area contributed by atoms with Gasteiger partial charge in [-0.2, -0.15) is 4.31 Å². The molecule has 0 bridgehead atoms. The largest absolute Gasteiger partial charge is 0.352 e. The van der Waals surface area contributed by atoms with Gasteiger partial charge >= 0.3 is 0 Å². The maximum atomic E-state index is 13.4. The molecule has 2 aliphatic rings. The number of benzene rings is 6. The fraction of sp³-hybridized carbons (Fsp3) is 0.269. The van der Waals surface area contributed by atoms with Crippen molar-refractivity contribution in [3.05, 3.63) is 204 Å². The molecule has 0 saturated carbocycles. The van der Waals surface area contributed by atoms with Gasteiger partial charge in [0.15, 0.2) is 0 Å².